The van der Waals surface area contributed by atoms with Crippen LogP contribution in [-0.4, -0.2) is 22.8 Å². The minimum absolute atomic E-state index is 0.146. The Balaban J connectivity index is 2.22. The van der Waals surface area contributed by atoms with Crippen LogP contribution < -0.4 is 5.32 Å². The molecule has 0 amide bonds. The smallest absolute Gasteiger partial charge is 0.0604 e. The Morgan fingerprint density at radius 1 is 1.06 bits per heavy atom. The molecular formula is C15H16N2O. The van der Waals surface area contributed by atoms with Gasteiger partial charge in [0.1, 0.15) is 0 Å². The van der Waals surface area contributed by atoms with Crippen molar-refractivity contribution in [2.24, 2.45) is 7.05 Å². The number of rotatable bonds is 3. The first-order valence-corrected chi connectivity index (χ1v) is 6.13. The summed E-state index contributed by atoms with van der Waals surface area (Å²) in [6, 6.07) is 14.7. The summed E-state index contributed by atoms with van der Waals surface area (Å²) in [6.45, 7) is 0.725. The zero-order valence-electron chi connectivity index (χ0n) is 10.4. The summed E-state index contributed by atoms with van der Waals surface area (Å²) in [5, 5.41) is 14.6. The van der Waals surface area contributed by atoms with E-state index in [1.165, 1.54) is 21.8 Å². The number of hydrogen-bond acceptors (Lipinski definition) is 2. The zero-order chi connectivity index (χ0) is 12.5. The van der Waals surface area contributed by atoms with Gasteiger partial charge in [-0.3, -0.25) is 0 Å². The van der Waals surface area contributed by atoms with E-state index < -0.39 is 0 Å². The summed E-state index contributed by atoms with van der Waals surface area (Å²) < 4.78 is 2.20. The molecule has 0 saturated carbocycles. The summed E-state index contributed by atoms with van der Waals surface area (Å²) in [5.41, 5.74) is 3.49. The lowest BCUT2D eigenvalue weighted by molar-refractivity contribution is 0.311. The number of aliphatic hydroxyl groups excluding tert-OH is 1. The number of fused-ring (bicyclic) bond motifs is 3. The molecule has 3 rings (SSSR count). The average molecular weight is 240 g/mol. The second-order valence-corrected chi connectivity index (χ2v) is 4.46. The van der Waals surface area contributed by atoms with Crippen LogP contribution in [-0.2, 0) is 7.05 Å². The molecule has 0 aliphatic carbocycles. The summed E-state index contributed by atoms with van der Waals surface area (Å²) in [4.78, 5) is 0. The number of aryl methyl sites for hydroxylation is 1. The van der Waals surface area contributed by atoms with Gasteiger partial charge < -0.3 is 15.0 Å². The molecule has 1 aromatic heterocycles. The third-order valence-electron chi connectivity index (χ3n) is 3.36. The van der Waals surface area contributed by atoms with Crippen molar-refractivity contribution in [3.05, 3.63) is 42.5 Å². The standard InChI is InChI=1S/C15H16N2O/c1-17-14-5-3-2-4-12(14)13-7-6-11(10-15(13)17)16-8-9-18/h2-7,10,16,18H,8-9H2,1H3. The van der Waals surface area contributed by atoms with Gasteiger partial charge in [-0.1, -0.05) is 24.3 Å². The van der Waals surface area contributed by atoms with E-state index in [4.69, 9.17) is 5.11 Å². The second kappa shape index (κ2) is 4.35. The van der Waals surface area contributed by atoms with Crippen LogP contribution in [0.4, 0.5) is 5.69 Å². The molecule has 0 unspecified atom stereocenters. The Kier molecular flexibility index (Phi) is 2.68. The topological polar surface area (TPSA) is 37.2 Å². The van der Waals surface area contributed by atoms with Crippen LogP contribution in [0.25, 0.3) is 21.8 Å². The number of hydrogen-bond donors (Lipinski definition) is 2. The minimum Gasteiger partial charge on any atom is -0.395 e. The van der Waals surface area contributed by atoms with E-state index in [-0.39, 0.29) is 6.61 Å². The summed E-state index contributed by atoms with van der Waals surface area (Å²) in [5.74, 6) is 0. The van der Waals surface area contributed by atoms with E-state index in [1.54, 1.807) is 0 Å². The number of nitrogens with zero attached hydrogens (tertiary/aromatic N) is 1. The molecule has 0 aliphatic rings. The maximum absolute atomic E-state index is 8.84. The molecule has 0 aliphatic heterocycles. The van der Waals surface area contributed by atoms with Crippen molar-refractivity contribution in [1.82, 2.24) is 4.57 Å². The largest absolute Gasteiger partial charge is 0.395 e. The van der Waals surface area contributed by atoms with Crippen molar-refractivity contribution >= 4 is 27.5 Å². The van der Waals surface area contributed by atoms with Gasteiger partial charge in [0.25, 0.3) is 0 Å². The maximum atomic E-state index is 8.84. The van der Waals surface area contributed by atoms with Crippen molar-refractivity contribution in [2.75, 3.05) is 18.5 Å². The first kappa shape index (κ1) is 11.1. The first-order chi connectivity index (χ1) is 8.81. The highest BCUT2D eigenvalue weighted by Gasteiger charge is 2.07. The molecule has 0 saturated heterocycles. The molecule has 3 heteroatoms. The quantitative estimate of drug-likeness (QED) is 0.738. The Bertz CT molecular complexity index is 700. The molecule has 3 aromatic rings. The number of benzene rings is 2. The molecule has 92 valence electrons. The third kappa shape index (κ3) is 1.64. The van der Waals surface area contributed by atoms with E-state index in [9.17, 15) is 0 Å². The van der Waals surface area contributed by atoms with Crippen LogP contribution >= 0.6 is 0 Å². The molecule has 3 nitrogen and oxygen atoms in total. The maximum Gasteiger partial charge on any atom is 0.0604 e. The first-order valence-electron chi connectivity index (χ1n) is 6.13. The number of nitrogens with one attached hydrogen (secondary N) is 1. The number of aliphatic hydroxyl groups is 1. The van der Waals surface area contributed by atoms with Crippen LogP contribution in [0.15, 0.2) is 42.5 Å². The van der Waals surface area contributed by atoms with Gasteiger partial charge >= 0.3 is 0 Å². The molecule has 0 atom stereocenters. The van der Waals surface area contributed by atoms with Crippen molar-refractivity contribution < 1.29 is 5.11 Å². The highest BCUT2D eigenvalue weighted by atomic mass is 16.3. The number of anilines is 1. The van der Waals surface area contributed by atoms with Crippen molar-refractivity contribution in [2.45, 2.75) is 0 Å². The van der Waals surface area contributed by atoms with Gasteiger partial charge in [-0.05, 0) is 18.2 Å². The Morgan fingerprint density at radius 3 is 2.67 bits per heavy atom. The lowest BCUT2D eigenvalue weighted by Gasteiger charge is -2.05. The van der Waals surface area contributed by atoms with Gasteiger partial charge in [-0.2, -0.15) is 0 Å². The van der Waals surface area contributed by atoms with Crippen molar-refractivity contribution in [3.63, 3.8) is 0 Å². The van der Waals surface area contributed by atoms with E-state index in [0.717, 1.165) is 5.69 Å². The zero-order valence-corrected chi connectivity index (χ0v) is 10.4. The summed E-state index contributed by atoms with van der Waals surface area (Å²) >= 11 is 0. The molecule has 0 fully saturated rings. The van der Waals surface area contributed by atoms with Gasteiger partial charge in [-0.25, -0.2) is 0 Å². The lowest BCUT2D eigenvalue weighted by atomic mass is 10.1. The highest BCUT2D eigenvalue weighted by Crippen LogP contribution is 2.29. The van der Waals surface area contributed by atoms with E-state index in [0.29, 0.717) is 6.54 Å². The van der Waals surface area contributed by atoms with Crippen LogP contribution in [0.5, 0.6) is 0 Å². The van der Waals surface area contributed by atoms with E-state index in [2.05, 4.69) is 59.4 Å². The molecule has 0 bridgehead atoms. The van der Waals surface area contributed by atoms with Crippen LogP contribution in [0.2, 0.25) is 0 Å². The fraction of sp³-hybridized carbons (Fsp3) is 0.200. The number of aromatic nitrogens is 1. The van der Waals surface area contributed by atoms with Gasteiger partial charge in [-0.15, -0.1) is 0 Å². The predicted octanol–water partition coefficient (Wildman–Crippen LogP) is 2.74. The normalized spacial score (nSPS) is 11.2. The molecule has 18 heavy (non-hydrogen) atoms. The monoisotopic (exact) mass is 240 g/mol. The van der Waals surface area contributed by atoms with Crippen molar-refractivity contribution in [3.8, 4) is 0 Å². The van der Waals surface area contributed by atoms with Gasteiger partial charge in [0.05, 0.1) is 12.1 Å². The number of para-hydroxylation sites is 1. The lowest BCUT2D eigenvalue weighted by Crippen LogP contribution is -2.05. The molecule has 2 aromatic carbocycles. The van der Waals surface area contributed by atoms with E-state index in [1.807, 2.05) is 0 Å². The van der Waals surface area contributed by atoms with Gasteiger partial charge in [0.2, 0.25) is 0 Å². The van der Waals surface area contributed by atoms with E-state index >= 15 is 0 Å². The summed E-state index contributed by atoms with van der Waals surface area (Å²) in [6.07, 6.45) is 0. The minimum atomic E-state index is 0.146. The molecule has 0 spiro atoms. The third-order valence-corrected chi connectivity index (χ3v) is 3.36. The van der Waals surface area contributed by atoms with Crippen LogP contribution in [0, 0.1) is 0 Å². The summed E-state index contributed by atoms with van der Waals surface area (Å²) in [7, 11) is 2.08. The van der Waals surface area contributed by atoms with Crippen LogP contribution in [0.1, 0.15) is 0 Å². The molecule has 1 heterocycles. The fourth-order valence-electron chi connectivity index (χ4n) is 2.47. The van der Waals surface area contributed by atoms with Gasteiger partial charge in [0, 0.05) is 35.6 Å². The van der Waals surface area contributed by atoms with Crippen molar-refractivity contribution in [1.29, 1.82) is 0 Å². The molecular weight excluding hydrogens is 224 g/mol. The Labute approximate surface area is 106 Å². The molecule has 0 radical (unpaired) electrons. The Morgan fingerprint density at radius 2 is 1.83 bits per heavy atom. The predicted molar refractivity (Wildman–Crippen MR) is 76.0 cm³/mol. The average Bonchev–Trinajstić information content (AvgIpc) is 2.71. The van der Waals surface area contributed by atoms with Gasteiger partial charge in [0.15, 0.2) is 0 Å². The molecule has 2 N–H and O–H groups in total. The highest BCUT2D eigenvalue weighted by molar-refractivity contribution is 6.08. The Hall–Kier alpha value is -2.00. The fourth-order valence-corrected chi connectivity index (χ4v) is 2.47. The van der Waals surface area contributed by atoms with Crippen LogP contribution in [0.3, 0.4) is 0 Å². The second-order valence-electron chi connectivity index (χ2n) is 4.46. The SMILES string of the molecule is Cn1c2ccccc2c2ccc(NCCO)cc21.